The molecule has 2 heterocycles. The van der Waals surface area contributed by atoms with Crippen LogP contribution in [0.5, 0.6) is 5.75 Å². The quantitative estimate of drug-likeness (QED) is 0.410. The number of hydrogen-bond acceptors (Lipinski definition) is 5. The largest absolute Gasteiger partial charge is 0.491 e. The molecule has 1 aliphatic heterocycles. The Bertz CT molecular complexity index is 1270. The lowest BCUT2D eigenvalue weighted by atomic mass is 10.0. The average Bonchev–Trinajstić information content (AvgIpc) is 3.31. The zero-order valence-corrected chi connectivity index (χ0v) is 21.4. The predicted octanol–water partition coefficient (Wildman–Crippen LogP) is 4.80. The van der Waals surface area contributed by atoms with E-state index in [0.29, 0.717) is 25.1 Å². The minimum absolute atomic E-state index is 0.150. The minimum atomic E-state index is -3.83. The van der Waals surface area contributed by atoms with Crippen LogP contribution in [0.2, 0.25) is 0 Å². The Morgan fingerprint density at radius 2 is 1.97 bits per heavy atom. The van der Waals surface area contributed by atoms with Gasteiger partial charge in [0.25, 0.3) is 0 Å². The number of carbonyl (C=O) groups excluding carboxylic acids is 1. The summed E-state index contributed by atoms with van der Waals surface area (Å²) in [7, 11) is -3.83. The number of hydrogen-bond donors (Lipinski definition) is 0. The maximum absolute atomic E-state index is 13.6. The van der Waals surface area contributed by atoms with Gasteiger partial charge in [-0.2, -0.15) is 4.31 Å². The molecule has 0 bridgehead atoms. The number of rotatable bonds is 9. The number of nitrogens with zero attached hydrogens (tertiary/aromatic N) is 2. The maximum atomic E-state index is 13.6. The number of fused-ring (bicyclic) bond motifs is 1. The van der Waals surface area contributed by atoms with Crippen molar-refractivity contribution < 1.29 is 22.3 Å². The fourth-order valence-electron chi connectivity index (χ4n) is 4.24. The fraction of sp³-hybridized carbons (Fsp3) is 0.346. The molecular formula is C26H29FN2O4S2. The number of thiophene rings is 1. The van der Waals surface area contributed by atoms with E-state index in [1.807, 2.05) is 25.3 Å². The normalized spacial score (nSPS) is 15.8. The number of ether oxygens (including phenoxy) is 1. The predicted molar refractivity (Wildman–Crippen MR) is 135 cm³/mol. The first-order chi connectivity index (χ1) is 16.8. The number of halogens is 1. The lowest BCUT2D eigenvalue weighted by Crippen LogP contribution is -2.48. The summed E-state index contributed by atoms with van der Waals surface area (Å²) >= 11 is 1.63. The van der Waals surface area contributed by atoms with E-state index in [4.69, 9.17) is 4.74 Å². The van der Waals surface area contributed by atoms with Gasteiger partial charge in [-0.15, -0.1) is 11.3 Å². The van der Waals surface area contributed by atoms with Crippen molar-refractivity contribution in [2.24, 2.45) is 0 Å². The molecule has 1 amide bonds. The first kappa shape index (κ1) is 25.3. The second-order valence-electron chi connectivity index (χ2n) is 8.57. The first-order valence-corrected chi connectivity index (χ1v) is 13.9. The van der Waals surface area contributed by atoms with E-state index in [1.165, 1.54) is 21.3 Å². The lowest BCUT2D eigenvalue weighted by molar-refractivity contribution is -0.135. The van der Waals surface area contributed by atoms with Crippen molar-refractivity contribution >= 4 is 27.3 Å². The van der Waals surface area contributed by atoms with Crippen LogP contribution in [0.25, 0.3) is 0 Å². The standard InChI is InChI=1S/C26H29FN2O4S2/c1-3-13-28(35(31,32)22-9-7-19(2)8-10-22)17-26(30)29-14-11-25-23(12-15-34-25)24(29)18-33-21-6-4-5-20(27)16-21/h4-10,12,15-16,24H,3,11,13-14,17-18H2,1-2H3/t24-/m1/s1. The molecule has 0 unspecified atom stereocenters. The summed E-state index contributed by atoms with van der Waals surface area (Å²) in [5.74, 6) is -0.292. The number of carbonyl (C=O) groups is 1. The summed E-state index contributed by atoms with van der Waals surface area (Å²) in [5, 5.41) is 1.99. The van der Waals surface area contributed by atoms with Crippen LogP contribution in [0.3, 0.4) is 0 Å². The van der Waals surface area contributed by atoms with Crippen LogP contribution in [0.15, 0.2) is 64.9 Å². The molecule has 0 aliphatic carbocycles. The molecule has 0 fully saturated rings. The molecule has 186 valence electrons. The molecule has 0 radical (unpaired) electrons. The van der Waals surface area contributed by atoms with Gasteiger partial charge >= 0.3 is 0 Å². The molecular weight excluding hydrogens is 487 g/mol. The molecule has 6 nitrogen and oxygen atoms in total. The van der Waals surface area contributed by atoms with Crippen LogP contribution in [-0.4, -0.2) is 49.8 Å². The van der Waals surface area contributed by atoms with Gasteiger partial charge in [0.1, 0.15) is 18.2 Å². The highest BCUT2D eigenvalue weighted by Crippen LogP contribution is 2.34. The summed E-state index contributed by atoms with van der Waals surface area (Å²) in [6.45, 7) is 4.39. The van der Waals surface area contributed by atoms with E-state index >= 15 is 0 Å². The van der Waals surface area contributed by atoms with Crippen molar-refractivity contribution in [3.8, 4) is 5.75 Å². The Morgan fingerprint density at radius 1 is 1.20 bits per heavy atom. The fourth-order valence-corrected chi connectivity index (χ4v) is 6.65. The molecule has 2 aromatic carbocycles. The van der Waals surface area contributed by atoms with Gasteiger partial charge in [0, 0.05) is 24.0 Å². The molecule has 0 spiro atoms. The summed E-state index contributed by atoms with van der Waals surface area (Å²) in [5.41, 5.74) is 1.96. The average molecular weight is 517 g/mol. The van der Waals surface area contributed by atoms with Crippen molar-refractivity contribution in [2.45, 2.75) is 37.6 Å². The van der Waals surface area contributed by atoms with Crippen molar-refractivity contribution in [1.82, 2.24) is 9.21 Å². The molecule has 9 heteroatoms. The molecule has 1 aliphatic rings. The second kappa shape index (κ2) is 10.9. The van der Waals surface area contributed by atoms with E-state index in [-0.39, 0.29) is 36.5 Å². The zero-order valence-electron chi connectivity index (χ0n) is 19.8. The van der Waals surface area contributed by atoms with Gasteiger partial charge in [0.05, 0.1) is 17.5 Å². The van der Waals surface area contributed by atoms with E-state index in [0.717, 1.165) is 11.1 Å². The van der Waals surface area contributed by atoms with Gasteiger partial charge < -0.3 is 9.64 Å². The maximum Gasteiger partial charge on any atom is 0.243 e. The Balaban J connectivity index is 1.56. The van der Waals surface area contributed by atoms with Gasteiger partial charge in [-0.05, 0) is 61.0 Å². The van der Waals surface area contributed by atoms with Crippen LogP contribution in [-0.2, 0) is 21.2 Å². The number of benzene rings is 2. The summed E-state index contributed by atoms with van der Waals surface area (Å²) in [6.07, 6.45) is 1.28. The molecule has 0 saturated heterocycles. The molecule has 0 N–H and O–H groups in total. The van der Waals surface area contributed by atoms with Crippen LogP contribution in [0, 0.1) is 12.7 Å². The lowest BCUT2D eigenvalue weighted by Gasteiger charge is -2.37. The van der Waals surface area contributed by atoms with Crippen LogP contribution < -0.4 is 4.74 Å². The number of amides is 1. The molecule has 1 aromatic heterocycles. The second-order valence-corrected chi connectivity index (χ2v) is 11.5. The van der Waals surface area contributed by atoms with Crippen LogP contribution in [0.1, 0.15) is 35.4 Å². The Hall–Kier alpha value is -2.75. The number of aryl methyl sites for hydroxylation is 1. The van der Waals surface area contributed by atoms with E-state index in [2.05, 4.69) is 0 Å². The van der Waals surface area contributed by atoms with Gasteiger partial charge in [0.2, 0.25) is 15.9 Å². The topological polar surface area (TPSA) is 66.9 Å². The van der Waals surface area contributed by atoms with Gasteiger partial charge in [-0.25, -0.2) is 12.8 Å². The summed E-state index contributed by atoms with van der Waals surface area (Å²) in [4.78, 5) is 16.6. The highest BCUT2D eigenvalue weighted by Gasteiger charge is 2.35. The van der Waals surface area contributed by atoms with Crippen LogP contribution >= 0.6 is 11.3 Å². The monoisotopic (exact) mass is 516 g/mol. The third-order valence-electron chi connectivity index (χ3n) is 6.06. The molecule has 0 saturated carbocycles. The minimum Gasteiger partial charge on any atom is -0.491 e. The van der Waals surface area contributed by atoms with Crippen molar-refractivity contribution in [1.29, 1.82) is 0 Å². The molecule has 4 rings (SSSR count). The summed E-state index contributed by atoms with van der Waals surface area (Å²) in [6, 6.07) is 14.1. The highest BCUT2D eigenvalue weighted by molar-refractivity contribution is 7.89. The third-order valence-corrected chi connectivity index (χ3v) is 8.92. The van der Waals surface area contributed by atoms with Gasteiger partial charge in [0.15, 0.2) is 0 Å². The van der Waals surface area contributed by atoms with E-state index in [9.17, 15) is 17.6 Å². The first-order valence-electron chi connectivity index (χ1n) is 11.6. The van der Waals surface area contributed by atoms with Crippen LogP contribution in [0.4, 0.5) is 4.39 Å². The Morgan fingerprint density at radius 3 is 2.69 bits per heavy atom. The smallest absolute Gasteiger partial charge is 0.243 e. The molecule has 1 atom stereocenters. The van der Waals surface area contributed by atoms with Crippen molar-refractivity contribution in [2.75, 3.05) is 26.2 Å². The summed E-state index contributed by atoms with van der Waals surface area (Å²) < 4.78 is 47.4. The zero-order chi connectivity index (χ0) is 25.0. The van der Waals surface area contributed by atoms with E-state index < -0.39 is 15.8 Å². The highest BCUT2D eigenvalue weighted by atomic mass is 32.2. The van der Waals surface area contributed by atoms with Gasteiger partial charge in [-0.3, -0.25) is 4.79 Å². The van der Waals surface area contributed by atoms with E-state index in [1.54, 1.807) is 52.6 Å². The molecule has 3 aromatic rings. The van der Waals surface area contributed by atoms with Crippen molar-refractivity contribution in [3.05, 3.63) is 81.8 Å². The Kier molecular flexibility index (Phi) is 7.88. The molecule has 35 heavy (non-hydrogen) atoms. The third kappa shape index (κ3) is 5.74. The van der Waals surface area contributed by atoms with Gasteiger partial charge in [-0.1, -0.05) is 30.7 Å². The SMILES string of the molecule is CCCN(CC(=O)N1CCc2sccc2[C@H]1COc1cccc(F)c1)S(=O)(=O)c1ccc(C)cc1. The Labute approximate surface area is 210 Å². The number of sulfonamides is 1. The van der Waals surface area contributed by atoms with Crippen molar-refractivity contribution in [3.63, 3.8) is 0 Å².